The summed E-state index contributed by atoms with van der Waals surface area (Å²) in [5, 5.41) is 5.90. The fraction of sp³-hybridized carbons (Fsp3) is 0.100. The van der Waals surface area contributed by atoms with Crippen LogP contribution in [0.15, 0.2) is 59.8 Å². The van der Waals surface area contributed by atoms with E-state index in [0.29, 0.717) is 22.1 Å². The van der Waals surface area contributed by atoms with Crippen LogP contribution < -0.4 is 22.1 Å². The fourth-order valence-electron chi connectivity index (χ4n) is 2.55. The average molecular weight is 408 g/mol. The molecule has 2 aromatic carbocycles. The number of nitrogens with zero attached hydrogens (tertiary/aromatic N) is 2. The standard InChI is InChI=1S/C20H20N6O2S/c1-12-5-4-6-13(9-12)23-19(28)14-7-2-3-8-15(14)24-18(27)11-29-20-25-16(21)10-17(22)26-20/h2-10H,11H2,1H3,(H,23,28)(H,24,27)(H4,21,22,25,26). The first-order chi connectivity index (χ1) is 13.9. The zero-order chi connectivity index (χ0) is 20.8. The van der Waals surface area contributed by atoms with E-state index < -0.39 is 0 Å². The lowest BCUT2D eigenvalue weighted by Crippen LogP contribution is -2.19. The minimum absolute atomic E-state index is 0.0384. The molecule has 3 aromatic rings. The molecule has 0 radical (unpaired) electrons. The molecule has 6 N–H and O–H groups in total. The van der Waals surface area contributed by atoms with Gasteiger partial charge in [-0.1, -0.05) is 36.0 Å². The van der Waals surface area contributed by atoms with Gasteiger partial charge in [-0.25, -0.2) is 9.97 Å². The fourth-order valence-corrected chi connectivity index (χ4v) is 3.23. The number of anilines is 4. The van der Waals surface area contributed by atoms with Crippen LogP contribution >= 0.6 is 11.8 Å². The van der Waals surface area contributed by atoms with Crippen molar-refractivity contribution in [2.75, 3.05) is 27.9 Å². The molecule has 1 aromatic heterocycles. The van der Waals surface area contributed by atoms with Crippen molar-refractivity contribution in [3.05, 3.63) is 65.7 Å². The monoisotopic (exact) mass is 408 g/mol. The van der Waals surface area contributed by atoms with E-state index in [1.165, 1.54) is 6.07 Å². The summed E-state index contributed by atoms with van der Waals surface area (Å²) in [6.07, 6.45) is 0. The van der Waals surface area contributed by atoms with E-state index in [2.05, 4.69) is 20.6 Å². The number of amides is 2. The highest BCUT2D eigenvalue weighted by Gasteiger charge is 2.14. The van der Waals surface area contributed by atoms with Gasteiger partial charge in [-0.3, -0.25) is 9.59 Å². The highest BCUT2D eigenvalue weighted by molar-refractivity contribution is 7.99. The van der Waals surface area contributed by atoms with Crippen molar-refractivity contribution in [1.29, 1.82) is 0 Å². The van der Waals surface area contributed by atoms with E-state index in [-0.39, 0.29) is 29.2 Å². The Morgan fingerprint density at radius 2 is 1.69 bits per heavy atom. The number of hydrogen-bond donors (Lipinski definition) is 4. The summed E-state index contributed by atoms with van der Waals surface area (Å²) in [7, 11) is 0. The SMILES string of the molecule is Cc1cccc(NC(=O)c2ccccc2NC(=O)CSc2nc(N)cc(N)n2)c1. The van der Waals surface area contributed by atoms with Crippen LogP contribution in [-0.2, 0) is 4.79 Å². The number of para-hydroxylation sites is 1. The molecule has 8 nitrogen and oxygen atoms in total. The number of nitrogens with one attached hydrogen (secondary N) is 2. The molecule has 0 aliphatic rings. The summed E-state index contributed by atoms with van der Waals surface area (Å²) in [5.74, 6) is -0.116. The number of aryl methyl sites for hydroxylation is 1. The highest BCUT2D eigenvalue weighted by atomic mass is 32.2. The quantitative estimate of drug-likeness (QED) is 0.364. The molecule has 0 atom stereocenters. The molecule has 3 rings (SSSR count). The third-order valence-electron chi connectivity index (χ3n) is 3.80. The van der Waals surface area contributed by atoms with Crippen molar-refractivity contribution in [3.8, 4) is 0 Å². The van der Waals surface area contributed by atoms with Crippen LogP contribution in [0.5, 0.6) is 0 Å². The number of carbonyl (C=O) groups excluding carboxylic acids is 2. The zero-order valence-electron chi connectivity index (χ0n) is 15.7. The number of thioether (sulfide) groups is 1. The molecule has 1 heterocycles. The van der Waals surface area contributed by atoms with Crippen LogP contribution in [0.2, 0.25) is 0 Å². The van der Waals surface area contributed by atoms with Gasteiger partial charge < -0.3 is 22.1 Å². The van der Waals surface area contributed by atoms with Gasteiger partial charge >= 0.3 is 0 Å². The van der Waals surface area contributed by atoms with Crippen molar-refractivity contribution in [2.45, 2.75) is 12.1 Å². The first kappa shape index (κ1) is 20.2. The van der Waals surface area contributed by atoms with Crippen LogP contribution in [0.1, 0.15) is 15.9 Å². The minimum atomic E-state index is -0.314. The Labute approximate surface area is 172 Å². The molecular formula is C20H20N6O2S. The average Bonchev–Trinajstić information content (AvgIpc) is 2.66. The molecule has 148 valence electrons. The second-order valence-corrected chi connectivity index (χ2v) is 7.15. The first-order valence-corrected chi connectivity index (χ1v) is 9.69. The number of nitrogen functional groups attached to an aromatic ring is 2. The normalized spacial score (nSPS) is 10.4. The van der Waals surface area contributed by atoms with Crippen molar-refractivity contribution in [1.82, 2.24) is 9.97 Å². The Kier molecular flexibility index (Phi) is 6.30. The lowest BCUT2D eigenvalue weighted by Gasteiger charge is -2.12. The molecular weight excluding hydrogens is 388 g/mol. The molecule has 0 spiro atoms. The lowest BCUT2D eigenvalue weighted by molar-refractivity contribution is -0.113. The van der Waals surface area contributed by atoms with Gasteiger partial charge in [0.1, 0.15) is 11.6 Å². The lowest BCUT2D eigenvalue weighted by atomic mass is 10.1. The van der Waals surface area contributed by atoms with Gasteiger partial charge in [-0.15, -0.1) is 0 Å². The molecule has 0 saturated carbocycles. The van der Waals surface area contributed by atoms with E-state index in [4.69, 9.17) is 11.5 Å². The smallest absolute Gasteiger partial charge is 0.257 e. The van der Waals surface area contributed by atoms with Gasteiger partial charge in [0, 0.05) is 11.8 Å². The summed E-state index contributed by atoms with van der Waals surface area (Å²) in [4.78, 5) is 33.1. The van der Waals surface area contributed by atoms with E-state index in [1.54, 1.807) is 30.3 Å². The number of carbonyl (C=O) groups is 2. The van der Waals surface area contributed by atoms with Crippen LogP contribution in [0.25, 0.3) is 0 Å². The second kappa shape index (κ2) is 9.07. The topological polar surface area (TPSA) is 136 Å². The molecule has 0 fully saturated rings. The summed E-state index contributed by atoms with van der Waals surface area (Å²) >= 11 is 1.10. The van der Waals surface area contributed by atoms with Crippen LogP contribution in [-0.4, -0.2) is 27.5 Å². The molecule has 0 saturated heterocycles. The van der Waals surface area contributed by atoms with Crippen molar-refractivity contribution in [3.63, 3.8) is 0 Å². The van der Waals surface area contributed by atoms with Gasteiger partial charge in [0.15, 0.2) is 5.16 Å². The molecule has 9 heteroatoms. The Morgan fingerprint density at radius 3 is 2.41 bits per heavy atom. The Hall–Kier alpha value is -3.59. The molecule has 2 amide bonds. The summed E-state index contributed by atoms with van der Waals surface area (Å²) in [6.45, 7) is 1.94. The van der Waals surface area contributed by atoms with E-state index in [1.807, 2.05) is 25.1 Å². The maximum Gasteiger partial charge on any atom is 0.257 e. The van der Waals surface area contributed by atoms with Gasteiger partial charge in [0.25, 0.3) is 5.91 Å². The van der Waals surface area contributed by atoms with E-state index >= 15 is 0 Å². The van der Waals surface area contributed by atoms with Crippen molar-refractivity contribution >= 4 is 46.6 Å². The third-order valence-corrected chi connectivity index (χ3v) is 4.65. The zero-order valence-corrected chi connectivity index (χ0v) is 16.5. The number of nitrogens with two attached hydrogens (primary N) is 2. The summed E-state index contributed by atoms with van der Waals surface area (Å²) in [6, 6.07) is 15.7. The van der Waals surface area contributed by atoms with E-state index in [9.17, 15) is 9.59 Å². The number of benzene rings is 2. The van der Waals surface area contributed by atoms with Gasteiger partial charge in [-0.2, -0.15) is 0 Å². The second-order valence-electron chi connectivity index (χ2n) is 6.21. The maximum atomic E-state index is 12.7. The third kappa shape index (κ3) is 5.69. The van der Waals surface area contributed by atoms with Crippen LogP contribution in [0.4, 0.5) is 23.0 Å². The van der Waals surface area contributed by atoms with Crippen LogP contribution in [0, 0.1) is 6.92 Å². The summed E-state index contributed by atoms with van der Waals surface area (Å²) in [5.41, 5.74) is 13.7. The predicted octanol–water partition coefficient (Wildman–Crippen LogP) is 2.93. The molecule has 29 heavy (non-hydrogen) atoms. The largest absolute Gasteiger partial charge is 0.383 e. The molecule has 0 unspecified atom stereocenters. The van der Waals surface area contributed by atoms with Gasteiger partial charge in [0.2, 0.25) is 5.91 Å². The predicted molar refractivity (Wildman–Crippen MR) is 116 cm³/mol. The molecule has 0 aliphatic carbocycles. The number of hydrogen-bond acceptors (Lipinski definition) is 7. The summed E-state index contributed by atoms with van der Waals surface area (Å²) < 4.78 is 0. The first-order valence-electron chi connectivity index (χ1n) is 8.70. The van der Waals surface area contributed by atoms with Crippen molar-refractivity contribution in [2.24, 2.45) is 0 Å². The van der Waals surface area contributed by atoms with Crippen molar-refractivity contribution < 1.29 is 9.59 Å². The number of aromatic nitrogens is 2. The van der Waals surface area contributed by atoms with Gasteiger partial charge in [0.05, 0.1) is 17.0 Å². The Balaban J connectivity index is 1.66. The highest BCUT2D eigenvalue weighted by Crippen LogP contribution is 2.20. The molecule has 0 aliphatic heterocycles. The number of rotatable bonds is 6. The minimum Gasteiger partial charge on any atom is -0.383 e. The Morgan fingerprint density at radius 1 is 0.966 bits per heavy atom. The van der Waals surface area contributed by atoms with E-state index in [0.717, 1.165) is 17.3 Å². The van der Waals surface area contributed by atoms with Gasteiger partial charge in [-0.05, 0) is 36.8 Å². The maximum absolute atomic E-state index is 12.7. The Bertz CT molecular complexity index is 1040. The van der Waals surface area contributed by atoms with Crippen LogP contribution in [0.3, 0.4) is 0 Å². The molecule has 0 bridgehead atoms.